The number of carbonyl (C=O) groups excluding carboxylic acids is 3. The van der Waals surface area contributed by atoms with Crippen LogP contribution in [0.1, 0.15) is 60.0 Å². The highest BCUT2D eigenvalue weighted by Gasteiger charge is 2.27. The van der Waals surface area contributed by atoms with Gasteiger partial charge in [-0.3, -0.25) is 19.1 Å². The van der Waals surface area contributed by atoms with Crippen molar-refractivity contribution >= 4 is 49.9 Å². The lowest BCUT2D eigenvalue weighted by atomic mass is 9.86. The summed E-state index contributed by atoms with van der Waals surface area (Å²) in [6.07, 6.45) is 1.73. The van der Waals surface area contributed by atoms with E-state index in [0.717, 1.165) is 17.2 Å². The van der Waals surface area contributed by atoms with Crippen LogP contribution in [0.15, 0.2) is 36.4 Å². The van der Waals surface area contributed by atoms with Crippen molar-refractivity contribution in [3.63, 3.8) is 0 Å². The van der Waals surface area contributed by atoms with E-state index in [4.69, 9.17) is 4.74 Å². The fourth-order valence-corrected chi connectivity index (χ4v) is 5.32. The summed E-state index contributed by atoms with van der Waals surface area (Å²) in [6, 6.07) is 10.5. The Morgan fingerprint density at radius 1 is 1.03 bits per heavy atom. The molecule has 2 aromatic carbocycles. The topological polar surface area (TPSA) is 127 Å². The second kappa shape index (κ2) is 10.4. The lowest BCUT2D eigenvalue weighted by molar-refractivity contribution is -0.120. The van der Waals surface area contributed by atoms with Gasteiger partial charge in [-0.25, -0.2) is 8.42 Å². The number of rotatable bonds is 6. The number of amides is 2. The van der Waals surface area contributed by atoms with Gasteiger partial charge in [0.15, 0.2) is 5.75 Å². The van der Waals surface area contributed by atoms with Crippen LogP contribution in [-0.2, 0) is 27.3 Å². The highest BCUT2D eigenvalue weighted by Crippen LogP contribution is 2.39. The molecule has 0 aliphatic carbocycles. The molecular formula is C28H34N4O6S. The number of sulfonamides is 1. The van der Waals surface area contributed by atoms with Gasteiger partial charge in [0, 0.05) is 38.4 Å². The molecule has 3 aromatic rings. The third-order valence-corrected chi connectivity index (χ3v) is 7.42. The monoisotopic (exact) mass is 554 g/mol. The lowest BCUT2D eigenvalue weighted by Gasteiger charge is -2.26. The first-order valence-electron chi connectivity index (χ1n) is 12.6. The van der Waals surface area contributed by atoms with Gasteiger partial charge in [-0.15, -0.1) is 0 Å². The predicted molar refractivity (Wildman–Crippen MR) is 151 cm³/mol. The highest BCUT2D eigenvalue weighted by atomic mass is 32.2. The zero-order valence-electron chi connectivity index (χ0n) is 23.0. The molecule has 2 amide bonds. The SMILES string of the molecule is COc1c(NC(=O)c2cc3cccc(C(=O)N4CCC(=O)CC4)c3n2C)cc(C(C)(C)C)cc1NS(C)(=O)=O. The Bertz CT molecular complexity index is 1570. The minimum absolute atomic E-state index is 0.149. The van der Waals surface area contributed by atoms with Crippen molar-refractivity contribution in [3.05, 3.63) is 53.2 Å². The summed E-state index contributed by atoms with van der Waals surface area (Å²) in [4.78, 5) is 40.2. The summed E-state index contributed by atoms with van der Waals surface area (Å²) in [5.41, 5.74) is 2.32. The Labute approximate surface area is 228 Å². The molecule has 208 valence electrons. The van der Waals surface area contributed by atoms with Crippen molar-refractivity contribution in [1.29, 1.82) is 0 Å². The largest absolute Gasteiger partial charge is 0.492 e. The van der Waals surface area contributed by atoms with Crippen molar-refractivity contribution in [2.45, 2.75) is 39.0 Å². The molecule has 39 heavy (non-hydrogen) atoms. The lowest BCUT2D eigenvalue weighted by Crippen LogP contribution is -2.38. The molecule has 1 aromatic heterocycles. The summed E-state index contributed by atoms with van der Waals surface area (Å²) >= 11 is 0. The zero-order chi connectivity index (χ0) is 28.7. The number of Topliss-reactive ketones (excluding diaryl/α,β-unsaturated/α-hetero) is 1. The van der Waals surface area contributed by atoms with Crippen LogP contribution < -0.4 is 14.8 Å². The van der Waals surface area contributed by atoms with E-state index >= 15 is 0 Å². The molecule has 1 aliphatic heterocycles. The second-order valence-corrected chi connectivity index (χ2v) is 12.6. The molecule has 1 fully saturated rings. The van der Waals surface area contributed by atoms with Crippen molar-refractivity contribution in [3.8, 4) is 5.75 Å². The van der Waals surface area contributed by atoms with Gasteiger partial charge in [-0.1, -0.05) is 32.9 Å². The van der Waals surface area contributed by atoms with Gasteiger partial charge in [0.25, 0.3) is 11.8 Å². The molecule has 0 radical (unpaired) electrons. The Balaban J connectivity index is 1.74. The summed E-state index contributed by atoms with van der Waals surface area (Å²) in [5.74, 6) is -0.311. The van der Waals surface area contributed by atoms with Crippen molar-refractivity contribution in [2.24, 2.45) is 7.05 Å². The maximum atomic E-state index is 13.6. The first kappa shape index (κ1) is 28.2. The summed E-state index contributed by atoms with van der Waals surface area (Å²) < 4.78 is 33.8. The predicted octanol–water partition coefficient (Wildman–Crippen LogP) is 3.91. The fourth-order valence-electron chi connectivity index (χ4n) is 4.77. The highest BCUT2D eigenvalue weighted by molar-refractivity contribution is 7.92. The standard InChI is InChI=1S/C28H34N4O6S/c1-28(2,3)18-15-21(25(38-5)22(16-18)30-39(6,36)37)29-26(34)23-14-17-8-7-9-20(24(17)31(23)4)27(35)32-12-10-19(33)11-13-32/h7-9,14-16,30H,10-13H2,1-6H3,(H,29,34). The molecule has 0 saturated carbocycles. The number of hydrogen-bond acceptors (Lipinski definition) is 6. The number of piperidine rings is 1. The summed E-state index contributed by atoms with van der Waals surface area (Å²) in [6.45, 7) is 6.68. The number of likely N-dealkylation sites (tertiary alicyclic amines) is 1. The van der Waals surface area contributed by atoms with Gasteiger partial charge in [0.2, 0.25) is 10.0 Å². The average molecular weight is 555 g/mol. The molecule has 0 spiro atoms. The van der Waals surface area contributed by atoms with Crippen LogP contribution in [0.2, 0.25) is 0 Å². The van der Waals surface area contributed by atoms with E-state index < -0.39 is 15.9 Å². The molecule has 1 aliphatic rings. The number of benzene rings is 2. The van der Waals surface area contributed by atoms with Gasteiger partial charge in [0.05, 0.1) is 35.8 Å². The Morgan fingerprint density at radius 2 is 1.67 bits per heavy atom. The molecular weight excluding hydrogens is 520 g/mol. The zero-order valence-corrected chi connectivity index (χ0v) is 23.9. The minimum Gasteiger partial charge on any atom is -0.492 e. The van der Waals surface area contributed by atoms with Crippen LogP contribution in [0, 0.1) is 0 Å². The molecule has 1 saturated heterocycles. The number of carbonyl (C=O) groups is 3. The van der Waals surface area contributed by atoms with Gasteiger partial charge in [-0.2, -0.15) is 0 Å². The van der Waals surface area contributed by atoms with Gasteiger partial charge < -0.3 is 19.5 Å². The number of ether oxygens (including phenoxy) is 1. The van der Waals surface area contributed by atoms with E-state index in [1.54, 1.807) is 46.8 Å². The Hall–Kier alpha value is -3.86. The van der Waals surface area contributed by atoms with E-state index in [9.17, 15) is 22.8 Å². The average Bonchev–Trinajstić information content (AvgIpc) is 3.19. The summed E-state index contributed by atoms with van der Waals surface area (Å²) in [7, 11) is -0.504. The van der Waals surface area contributed by atoms with Crippen LogP contribution in [-0.4, -0.2) is 61.9 Å². The molecule has 0 unspecified atom stereocenters. The number of para-hydroxylation sites is 1. The number of aromatic nitrogens is 1. The van der Waals surface area contributed by atoms with E-state index in [2.05, 4.69) is 10.0 Å². The number of anilines is 2. The molecule has 2 heterocycles. The first-order valence-corrected chi connectivity index (χ1v) is 14.5. The van der Waals surface area contributed by atoms with E-state index in [1.807, 2.05) is 26.8 Å². The van der Waals surface area contributed by atoms with Crippen LogP contribution in [0.25, 0.3) is 10.9 Å². The molecule has 0 atom stereocenters. The quantitative estimate of drug-likeness (QED) is 0.476. The number of methoxy groups -OCH3 is 1. The summed E-state index contributed by atoms with van der Waals surface area (Å²) in [5, 5.41) is 3.60. The number of fused-ring (bicyclic) bond motifs is 1. The van der Waals surface area contributed by atoms with E-state index in [0.29, 0.717) is 48.4 Å². The van der Waals surface area contributed by atoms with Crippen LogP contribution in [0.3, 0.4) is 0 Å². The number of ketones is 1. The molecule has 0 bridgehead atoms. The number of aryl methyl sites for hydroxylation is 1. The maximum absolute atomic E-state index is 13.6. The normalized spacial score (nSPS) is 14.4. The molecule has 11 heteroatoms. The number of nitrogens with one attached hydrogen (secondary N) is 2. The van der Waals surface area contributed by atoms with Gasteiger partial charge in [-0.05, 0) is 35.2 Å². The maximum Gasteiger partial charge on any atom is 0.272 e. The van der Waals surface area contributed by atoms with E-state index in [1.165, 1.54) is 7.11 Å². The molecule has 2 N–H and O–H groups in total. The Morgan fingerprint density at radius 3 is 2.26 bits per heavy atom. The van der Waals surface area contributed by atoms with E-state index in [-0.39, 0.29) is 28.5 Å². The molecule has 4 rings (SSSR count). The third kappa shape index (κ3) is 5.93. The smallest absolute Gasteiger partial charge is 0.272 e. The number of hydrogen-bond donors (Lipinski definition) is 2. The fraction of sp³-hybridized carbons (Fsp3) is 0.393. The van der Waals surface area contributed by atoms with Crippen molar-refractivity contribution in [2.75, 3.05) is 36.5 Å². The van der Waals surface area contributed by atoms with Gasteiger partial charge >= 0.3 is 0 Å². The van der Waals surface area contributed by atoms with Crippen molar-refractivity contribution in [1.82, 2.24) is 9.47 Å². The van der Waals surface area contributed by atoms with Crippen LogP contribution in [0.5, 0.6) is 5.75 Å². The second-order valence-electron chi connectivity index (χ2n) is 10.8. The van der Waals surface area contributed by atoms with Gasteiger partial charge in [0.1, 0.15) is 11.5 Å². The molecule has 10 nitrogen and oxygen atoms in total. The third-order valence-electron chi connectivity index (χ3n) is 6.83. The van der Waals surface area contributed by atoms with Crippen LogP contribution >= 0.6 is 0 Å². The minimum atomic E-state index is -3.62. The van der Waals surface area contributed by atoms with Crippen molar-refractivity contribution < 1.29 is 27.5 Å². The van der Waals surface area contributed by atoms with Crippen LogP contribution in [0.4, 0.5) is 11.4 Å². The number of nitrogens with zero attached hydrogens (tertiary/aromatic N) is 2. The first-order chi connectivity index (χ1) is 18.2. The Kier molecular flexibility index (Phi) is 7.48.